The fourth-order valence-corrected chi connectivity index (χ4v) is 2.81. The summed E-state index contributed by atoms with van der Waals surface area (Å²) in [6.45, 7) is 2.55. The van der Waals surface area contributed by atoms with Crippen LogP contribution in [0.25, 0.3) is 0 Å². The van der Waals surface area contributed by atoms with Gasteiger partial charge in [0.1, 0.15) is 11.7 Å². The van der Waals surface area contributed by atoms with Crippen molar-refractivity contribution in [1.29, 1.82) is 0 Å². The third kappa shape index (κ3) is 3.43. The first-order chi connectivity index (χ1) is 10.2. The molecule has 0 N–H and O–H groups in total. The molecule has 1 aromatic carbocycles. The van der Waals surface area contributed by atoms with Gasteiger partial charge in [-0.15, -0.1) is 0 Å². The predicted molar refractivity (Wildman–Crippen MR) is 79.3 cm³/mol. The van der Waals surface area contributed by atoms with Crippen molar-refractivity contribution in [3.8, 4) is 5.75 Å². The molecule has 4 nitrogen and oxygen atoms in total. The van der Waals surface area contributed by atoms with Gasteiger partial charge in [0, 0.05) is 5.56 Å². The van der Waals surface area contributed by atoms with Crippen molar-refractivity contribution in [1.82, 2.24) is 0 Å². The van der Waals surface area contributed by atoms with Gasteiger partial charge in [0.15, 0.2) is 5.78 Å². The highest BCUT2D eigenvalue weighted by Gasteiger charge is 2.36. The van der Waals surface area contributed by atoms with Crippen LogP contribution in [0.5, 0.6) is 5.75 Å². The lowest BCUT2D eigenvalue weighted by Crippen LogP contribution is -2.32. The number of Topliss-reactive ketones (excluding diaryl/α,β-unsaturated/α-hetero) is 1. The summed E-state index contributed by atoms with van der Waals surface area (Å²) >= 11 is 0. The Hall–Kier alpha value is -1.84. The van der Waals surface area contributed by atoms with E-state index < -0.39 is 11.9 Å². The number of carbonyl (C=O) groups is 2. The smallest absolute Gasteiger partial charge is 0.316 e. The number of benzene rings is 1. The zero-order chi connectivity index (χ0) is 15.2. The fraction of sp³-hybridized carbons (Fsp3) is 0.529. The van der Waals surface area contributed by atoms with Crippen molar-refractivity contribution in [2.24, 2.45) is 5.92 Å². The van der Waals surface area contributed by atoms with Crippen molar-refractivity contribution >= 4 is 11.8 Å². The highest BCUT2D eigenvalue weighted by atomic mass is 16.5. The van der Waals surface area contributed by atoms with E-state index in [9.17, 15) is 9.59 Å². The molecule has 0 saturated heterocycles. The molecule has 0 fully saturated rings. The van der Waals surface area contributed by atoms with Crippen LogP contribution in [-0.2, 0) is 14.3 Å². The molecule has 0 bridgehead atoms. The van der Waals surface area contributed by atoms with E-state index in [2.05, 4.69) is 0 Å². The molecule has 1 aliphatic heterocycles. The molecule has 21 heavy (non-hydrogen) atoms. The van der Waals surface area contributed by atoms with E-state index in [0.29, 0.717) is 19.4 Å². The molecule has 114 valence electrons. The number of hydrogen-bond acceptors (Lipinski definition) is 4. The Morgan fingerprint density at radius 1 is 1.38 bits per heavy atom. The van der Waals surface area contributed by atoms with Gasteiger partial charge < -0.3 is 9.47 Å². The maximum Gasteiger partial charge on any atom is 0.316 e. The van der Waals surface area contributed by atoms with Crippen LogP contribution in [0.15, 0.2) is 24.3 Å². The number of ketones is 1. The molecule has 0 amide bonds. The largest absolute Gasteiger partial charge is 0.493 e. The lowest BCUT2D eigenvalue weighted by Gasteiger charge is -2.27. The quantitative estimate of drug-likeness (QED) is 0.596. The Kier molecular flexibility index (Phi) is 5.37. The number of rotatable bonds is 6. The maximum absolute atomic E-state index is 12.8. The molecule has 1 heterocycles. The normalized spacial score (nSPS) is 18.3. The molecule has 2 unspecified atom stereocenters. The third-order valence-electron chi connectivity index (χ3n) is 3.98. The van der Waals surface area contributed by atoms with Crippen molar-refractivity contribution < 1.29 is 19.1 Å². The Bertz CT molecular complexity index is 509. The average molecular weight is 290 g/mol. The van der Waals surface area contributed by atoms with Crippen molar-refractivity contribution in [3.05, 3.63) is 29.8 Å². The summed E-state index contributed by atoms with van der Waals surface area (Å²) in [4.78, 5) is 24.8. The molecule has 0 aliphatic carbocycles. The second kappa shape index (κ2) is 7.25. The molecule has 4 heteroatoms. The minimum atomic E-state index is -0.661. The van der Waals surface area contributed by atoms with Gasteiger partial charge in [-0.2, -0.15) is 0 Å². The van der Waals surface area contributed by atoms with Gasteiger partial charge in [0.05, 0.1) is 19.6 Å². The van der Waals surface area contributed by atoms with Crippen molar-refractivity contribution in [2.75, 3.05) is 13.7 Å². The van der Waals surface area contributed by atoms with Crippen molar-refractivity contribution in [2.45, 2.75) is 38.5 Å². The van der Waals surface area contributed by atoms with E-state index in [1.807, 2.05) is 31.2 Å². The minimum Gasteiger partial charge on any atom is -0.493 e. The SMILES string of the molecule is CCCCC(C(=O)OC)C(=O)C1CCOc2ccccc21. The van der Waals surface area contributed by atoms with Crippen LogP contribution in [0.2, 0.25) is 0 Å². The fourth-order valence-electron chi connectivity index (χ4n) is 2.81. The summed E-state index contributed by atoms with van der Waals surface area (Å²) in [5.74, 6) is -0.633. The summed E-state index contributed by atoms with van der Waals surface area (Å²) in [6, 6.07) is 7.56. The molecule has 0 spiro atoms. The van der Waals surface area contributed by atoms with Crippen LogP contribution in [0, 0.1) is 5.92 Å². The summed E-state index contributed by atoms with van der Waals surface area (Å²) < 4.78 is 10.4. The topological polar surface area (TPSA) is 52.6 Å². The van der Waals surface area contributed by atoms with Gasteiger partial charge >= 0.3 is 5.97 Å². The average Bonchev–Trinajstić information content (AvgIpc) is 2.54. The molecule has 1 aliphatic rings. The molecule has 0 saturated carbocycles. The van der Waals surface area contributed by atoms with E-state index in [1.54, 1.807) is 0 Å². The zero-order valence-electron chi connectivity index (χ0n) is 12.6. The third-order valence-corrected chi connectivity index (χ3v) is 3.98. The number of methoxy groups -OCH3 is 1. The molecule has 1 aromatic rings. The molecule has 0 radical (unpaired) electrons. The Balaban J connectivity index is 2.23. The van der Waals surface area contributed by atoms with E-state index in [4.69, 9.17) is 9.47 Å². The first-order valence-electron chi connectivity index (χ1n) is 7.52. The van der Waals surface area contributed by atoms with Gasteiger partial charge in [0.25, 0.3) is 0 Å². The first kappa shape index (κ1) is 15.5. The van der Waals surface area contributed by atoms with E-state index in [0.717, 1.165) is 24.2 Å². The molecular formula is C17H22O4. The van der Waals surface area contributed by atoms with Crippen LogP contribution < -0.4 is 4.74 Å². The second-order valence-electron chi connectivity index (χ2n) is 5.35. The van der Waals surface area contributed by atoms with Gasteiger partial charge in [0.2, 0.25) is 0 Å². The van der Waals surface area contributed by atoms with Gasteiger partial charge in [-0.3, -0.25) is 9.59 Å². The summed E-state index contributed by atoms with van der Waals surface area (Å²) in [6.07, 6.45) is 2.97. The monoisotopic (exact) mass is 290 g/mol. The van der Waals surface area contributed by atoms with Crippen molar-refractivity contribution in [3.63, 3.8) is 0 Å². The van der Waals surface area contributed by atoms with Crippen LogP contribution in [0.3, 0.4) is 0 Å². The number of esters is 1. The second-order valence-corrected chi connectivity index (χ2v) is 5.35. The van der Waals surface area contributed by atoms with Crippen LogP contribution in [-0.4, -0.2) is 25.5 Å². The Morgan fingerprint density at radius 2 is 2.14 bits per heavy atom. The molecule has 2 atom stereocenters. The van der Waals surface area contributed by atoms with E-state index >= 15 is 0 Å². The highest BCUT2D eigenvalue weighted by Crippen LogP contribution is 2.36. The van der Waals surface area contributed by atoms with Crippen LogP contribution >= 0.6 is 0 Å². The Morgan fingerprint density at radius 3 is 2.86 bits per heavy atom. The summed E-state index contributed by atoms with van der Waals surface area (Å²) in [5, 5.41) is 0. The molecule has 2 rings (SSSR count). The standard InChI is InChI=1S/C17H22O4/c1-3-4-7-14(17(19)20-2)16(18)13-10-11-21-15-9-6-5-8-12(13)15/h5-6,8-9,13-14H,3-4,7,10-11H2,1-2H3. The van der Waals surface area contributed by atoms with Gasteiger partial charge in [-0.1, -0.05) is 38.0 Å². The highest BCUT2D eigenvalue weighted by molar-refractivity contribution is 6.02. The minimum absolute atomic E-state index is 0.0361. The number of unbranched alkanes of at least 4 members (excludes halogenated alkanes) is 1. The van der Waals surface area contributed by atoms with E-state index in [1.165, 1.54) is 7.11 Å². The lowest BCUT2D eigenvalue weighted by atomic mass is 9.82. The number of carbonyl (C=O) groups excluding carboxylic acids is 2. The number of hydrogen-bond donors (Lipinski definition) is 0. The van der Waals surface area contributed by atoms with E-state index in [-0.39, 0.29) is 11.7 Å². The summed E-state index contributed by atoms with van der Waals surface area (Å²) in [5.41, 5.74) is 0.888. The number of ether oxygens (including phenoxy) is 2. The summed E-state index contributed by atoms with van der Waals surface area (Å²) in [7, 11) is 1.34. The van der Waals surface area contributed by atoms with Gasteiger partial charge in [-0.05, 0) is 18.9 Å². The Labute approximate surface area is 125 Å². The zero-order valence-corrected chi connectivity index (χ0v) is 12.6. The maximum atomic E-state index is 12.8. The first-order valence-corrected chi connectivity index (χ1v) is 7.52. The molecular weight excluding hydrogens is 268 g/mol. The lowest BCUT2D eigenvalue weighted by molar-refractivity contribution is -0.150. The number of para-hydroxylation sites is 1. The van der Waals surface area contributed by atoms with Crippen LogP contribution in [0.4, 0.5) is 0 Å². The predicted octanol–water partition coefficient (Wildman–Crippen LogP) is 3.10. The van der Waals surface area contributed by atoms with Crippen LogP contribution in [0.1, 0.15) is 44.1 Å². The number of fused-ring (bicyclic) bond motifs is 1. The van der Waals surface area contributed by atoms with Gasteiger partial charge in [-0.25, -0.2) is 0 Å². The molecule has 0 aromatic heterocycles.